The van der Waals surface area contributed by atoms with E-state index in [1.807, 2.05) is 20.8 Å². The summed E-state index contributed by atoms with van der Waals surface area (Å²) in [5, 5.41) is 2.85. The highest BCUT2D eigenvalue weighted by atomic mass is 32.2. The predicted molar refractivity (Wildman–Crippen MR) is 160 cm³/mol. The molecular formula is C31H39N3O6S. The van der Waals surface area contributed by atoms with Crippen molar-refractivity contribution in [1.29, 1.82) is 0 Å². The van der Waals surface area contributed by atoms with Gasteiger partial charge in [-0.25, -0.2) is 8.42 Å². The summed E-state index contributed by atoms with van der Waals surface area (Å²) in [6.45, 7) is 8.80. The number of ether oxygens (including phenoxy) is 2. The molecular weight excluding hydrogens is 542 g/mol. The van der Waals surface area contributed by atoms with Gasteiger partial charge in [0.25, 0.3) is 10.0 Å². The van der Waals surface area contributed by atoms with Crippen LogP contribution in [0.1, 0.15) is 38.8 Å². The molecule has 9 nitrogen and oxygen atoms in total. The summed E-state index contributed by atoms with van der Waals surface area (Å²) in [6, 6.07) is 19.2. The van der Waals surface area contributed by atoms with E-state index in [2.05, 4.69) is 5.32 Å². The number of anilines is 1. The number of sulfonamides is 1. The molecule has 0 unspecified atom stereocenters. The van der Waals surface area contributed by atoms with Crippen molar-refractivity contribution in [2.24, 2.45) is 0 Å². The fourth-order valence-corrected chi connectivity index (χ4v) is 5.63. The molecule has 1 atom stereocenters. The first-order chi connectivity index (χ1) is 19.5. The lowest BCUT2D eigenvalue weighted by molar-refractivity contribution is -0.139. The second kappa shape index (κ2) is 14.0. The molecule has 3 aromatic carbocycles. The Morgan fingerprint density at radius 3 is 2.15 bits per heavy atom. The number of para-hydroxylation sites is 2. The lowest BCUT2D eigenvalue weighted by Gasteiger charge is -2.32. The molecule has 0 fully saturated rings. The fraction of sp³-hybridized carbons (Fsp3) is 0.355. The van der Waals surface area contributed by atoms with Gasteiger partial charge in [0.1, 0.15) is 24.1 Å². The normalized spacial score (nSPS) is 12.0. The van der Waals surface area contributed by atoms with E-state index >= 15 is 0 Å². The predicted octanol–water partition coefficient (Wildman–Crippen LogP) is 4.54. The van der Waals surface area contributed by atoms with Crippen molar-refractivity contribution in [3.63, 3.8) is 0 Å². The van der Waals surface area contributed by atoms with Crippen LogP contribution in [0, 0.1) is 6.92 Å². The van der Waals surface area contributed by atoms with Crippen LogP contribution in [0.15, 0.2) is 77.7 Å². The van der Waals surface area contributed by atoms with Gasteiger partial charge in [0.15, 0.2) is 0 Å². The van der Waals surface area contributed by atoms with Gasteiger partial charge in [-0.05, 0) is 76.6 Å². The minimum absolute atomic E-state index is 0.0366. The van der Waals surface area contributed by atoms with E-state index < -0.39 is 28.5 Å². The number of nitrogens with one attached hydrogen (secondary N) is 1. The zero-order valence-electron chi connectivity index (χ0n) is 24.5. The maximum absolute atomic E-state index is 14.1. The number of hydrogen-bond donors (Lipinski definition) is 1. The van der Waals surface area contributed by atoms with Crippen LogP contribution < -0.4 is 19.1 Å². The Kier molecular flexibility index (Phi) is 10.8. The van der Waals surface area contributed by atoms with Crippen molar-refractivity contribution in [3.8, 4) is 11.5 Å². The van der Waals surface area contributed by atoms with Crippen molar-refractivity contribution < 1.29 is 27.5 Å². The summed E-state index contributed by atoms with van der Waals surface area (Å²) in [5.41, 5.74) is 1.88. The molecule has 0 saturated carbocycles. The number of benzene rings is 3. The SMILES string of the molecule is CCOc1ccccc1N(CC(=O)N(Cc1ccc(OC)cc1)[C@H](C)C(=O)NC(C)C)S(=O)(=O)c1ccc(C)cc1. The molecule has 0 radical (unpaired) electrons. The summed E-state index contributed by atoms with van der Waals surface area (Å²) in [6.07, 6.45) is 0. The number of methoxy groups -OCH3 is 1. The van der Waals surface area contributed by atoms with Gasteiger partial charge in [-0.1, -0.05) is 42.0 Å². The van der Waals surface area contributed by atoms with E-state index in [1.165, 1.54) is 17.0 Å². The Hall–Kier alpha value is -4.05. The van der Waals surface area contributed by atoms with Gasteiger partial charge in [-0.2, -0.15) is 0 Å². The van der Waals surface area contributed by atoms with Gasteiger partial charge in [-0.3, -0.25) is 13.9 Å². The van der Waals surface area contributed by atoms with E-state index in [4.69, 9.17) is 9.47 Å². The summed E-state index contributed by atoms with van der Waals surface area (Å²) in [5.74, 6) is 0.0876. The maximum atomic E-state index is 14.1. The Morgan fingerprint density at radius 2 is 1.56 bits per heavy atom. The van der Waals surface area contributed by atoms with E-state index in [0.29, 0.717) is 18.1 Å². The van der Waals surface area contributed by atoms with E-state index in [1.54, 1.807) is 81.6 Å². The second-order valence-corrected chi connectivity index (χ2v) is 11.8. The molecule has 2 amide bonds. The monoisotopic (exact) mass is 581 g/mol. The molecule has 0 bridgehead atoms. The van der Waals surface area contributed by atoms with Crippen molar-refractivity contribution in [2.75, 3.05) is 24.6 Å². The van der Waals surface area contributed by atoms with Crippen LogP contribution >= 0.6 is 0 Å². The number of rotatable bonds is 13. The minimum Gasteiger partial charge on any atom is -0.497 e. The molecule has 10 heteroatoms. The van der Waals surface area contributed by atoms with Gasteiger partial charge in [-0.15, -0.1) is 0 Å². The first-order valence-electron chi connectivity index (χ1n) is 13.5. The lowest BCUT2D eigenvalue weighted by Crippen LogP contribution is -2.52. The van der Waals surface area contributed by atoms with Crippen LogP contribution in [0.5, 0.6) is 11.5 Å². The number of amides is 2. The van der Waals surface area contributed by atoms with Crippen molar-refractivity contribution in [1.82, 2.24) is 10.2 Å². The van der Waals surface area contributed by atoms with Crippen molar-refractivity contribution in [3.05, 3.63) is 83.9 Å². The quantitative estimate of drug-likeness (QED) is 0.318. The van der Waals surface area contributed by atoms with Gasteiger partial charge >= 0.3 is 0 Å². The third kappa shape index (κ3) is 8.00. The van der Waals surface area contributed by atoms with Gasteiger partial charge < -0.3 is 19.7 Å². The zero-order chi connectivity index (χ0) is 30.2. The summed E-state index contributed by atoms with van der Waals surface area (Å²) in [4.78, 5) is 28.5. The van der Waals surface area contributed by atoms with E-state index in [-0.39, 0.29) is 29.1 Å². The molecule has 220 valence electrons. The fourth-order valence-electron chi connectivity index (χ4n) is 4.21. The first-order valence-corrected chi connectivity index (χ1v) is 15.0. The number of carbonyl (C=O) groups excluding carboxylic acids is 2. The summed E-state index contributed by atoms with van der Waals surface area (Å²) >= 11 is 0. The molecule has 0 aromatic heterocycles. The molecule has 0 aliphatic heterocycles. The van der Waals surface area contributed by atoms with Gasteiger partial charge in [0, 0.05) is 12.6 Å². The highest BCUT2D eigenvalue weighted by molar-refractivity contribution is 7.92. The molecule has 3 rings (SSSR count). The minimum atomic E-state index is -4.20. The van der Waals surface area contributed by atoms with Crippen LogP contribution in [-0.4, -0.2) is 57.5 Å². The summed E-state index contributed by atoms with van der Waals surface area (Å²) < 4.78 is 40.1. The number of nitrogens with zero attached hydrogens (tertiary/aromatic N) is 2. The average Bonchev–Trinajstić information content (AvgIpc) is 2.95. The Balaban J connectivity index is 2.07. The van der Waals surface area contributed by atoms with E-state index in [0.717, 1.165) is 15.4 Å². The Bertz CT molecular complexity index is 1420. The third-order valence-corrected chi connectivity index (χ3v) is 8.21. The molecule has 1 N–H and O–H groups in total. The van der Waals surface area contributed by atoms with Gasteiger partial charge in [0.05, 0.1) is 24.3 Å². The molecule has 41 heavy (non-hydrogen) atoms. The van der Waals surface area contributed by atoms with Crippen LogP contribution in [0.4, 0.5) is 5.69 Å². The third-order valence-electron chi connectivity index (χ3n) is 6.43. The standard InChI is InChI=1S/C31H39N3O6S/c1-7-40-29-11-9-8-10-28(29)34(41(37,38)27-18-12-23(4)13-19-27)21-30(35)33(24(5)31(36)32-22(2)3)20-25-14-16-26(39-6)17-15-25/h8-19,22,24H,7,20-21H2,1-6H3,(H,32,36)/t24-/m1/s1. The molecule has 0 aliphatic carbocycles. The topological polar surface area (TPSA) is 105 Å². The van der Waals surface area contributed by atoms with Crippen LogP contribution in [0.2, 0.25) is 0 Å². The molecule has 0 spiro atoms. The number of hydrogen-bond acceptors (Lipinski definition) is 6. The van der Waals surface area contributed by atoms with Crippen molar-refractivity contribution in [2.45, 2.75) is 58.1 Å². The first kappa shape index (κ1) is 31.5. The van der Waals surface area contributed by atoms with Crippen LogP contribution in [0.25, 0.3) is 0 Å². The summed E-state index contributed by atoms with van der Waals surface area (Å²) in [7, 11) is -2.64. The number of carbonyl (C=O) groups is 2. The molecule has 3 aromatic rings. The largest absolute Gasteiger partial charge is 0.497 e. The average molecular weight is 582 g/mol. The highest BCUT2D eigenvalue weighted by Gasteiger charge is 2.34. The molecule has 0 saturated heterocycles. The van der Waals surface area contributed by atoms with Gasteiger partial charge in [0.2, 0.25) is 11.8 Å². The Morgan fingerprint density at radius 1 is 0.927 bits per heavy atom. The smallest absolute Gasteiger partial charge is 0.264 e. The second-order valence-electron chi connectivity index (χ2n) is 9.93. The Labute approximate surface area is 243 Å². The van der Waals surface area contributed by atoms with Crippen LogP contribution in [-0.2, 0) is 26.2 Å². The van der Waals surface area contributed by atoms with E-state index in [9.17, 15) is 18.0 Å². The highest BCUT2D eigenvalue weighted by Crippen LogP contribution is 2.33. The maximum Gasteiger partial charge on any atom is 0.264 e. The number of aryl methyl sites for hydroxylation is 1. The zero-order valence-corrected chi connectivity index (χ0v) is 25.3. The molecule has 0 heterocycles. The molecule has 0 aliphatic rings. The van der Waals surface area contributed by atoms with Crippen LogP contribution in [0.3, 0.4) is 0 Å². The van der Waals surface area contributed by atoms with Crippen molar-refractivity contribution >= 4 is 27.5 Å². The lowest BCUT2D eigenvalue weighted by atomic mass is 10.1.